The predicted octanol–water partition coefficient (Wildman–Crippen LogP) is 1.83. The first kappa shape index (κ1) is 15.2. The second-order valence-electron chi connectivity index (χ2n) is 4.70. The summed E-state index contributed by atoms with van der Waals surface area (Å²) in [5.41, 5.74) is 1.00. The van der Waals surface area contributed by atoms with Gasteiger partial charge in [-0.3, -0.25) is 0 Å². The number of thiazole rings is 1. The molecule has 0 bridgehead atoms. The maximum atomic E-state index is 11.0. The van der Waals surface area contributed by atoms with E-state index in [2.05, 4.69) is 0 Å². The number of methoxy groups -OCH3 is 1. The minimum Gasteiger partial charge on any atom is -0.748 e. The molecule has 0 aliphatic rings. The second-order valence-corrected chi connectivity index (χ2v) is 7.72. The summed E-state index contributed by atoms with van der Waals surface area (Å²) in [4.78, 5) is 0. The van der Waals surface area contributed by atoms with Crippen molar-refractivity contribution >= 4 is 31.7 Å². The lowest BCUT2D eigenvalue weighted by atomic mass is 10.3. The maximum Gasteiger partial charge on any atom is 0.235 e. The molecule has 1 atom stereocenters. The molecular formula is C13H17NO4S2. The van der Waals surface area contributed by atoms with Gasteiger partial charge in [-0.1, -0.05) is 11.3 Å². The van der Waals surface area contributed by atoms with Crippen LogP contribution >= 0.6 is 11.3 Å². The standard InChI is InChI=1S/C13H17NO4S2/c1-9(20(15,16)17)6-7-14-10(2)19-13-5-4-11(18-3)8-12(13)14/h4-5,8-9H,6-7H2,1-3H3. The highest BCUT2D eigenvalue weighted by Gasteiger charge is 2.20. The zero-order chi connectivity index (χ0) is 14.9. The monoisotopic (exact) mass is 315 g/mol. The Balaban J connectivity index is 2.31. The molecule has 0 aliphatic heterocycles. The number of benzene rings is 1. The molecule has 0 aliphatic carbocycles. The van der Waals surface area contributed by atoms with Crippen LogP contribution in [0.2, 0.25) is 0 Å². The smallest absolute Gasteiger partial charge is 0.235 e. The highest BCUT2D eigenvalue weighted by molar-refractivity contribution is 7.86. The van der Waals surface area contributed by atoms with E-state index in [1.165, 1.54) is 6.92 Å². The largest absolute Gasteiger partial charge is 0.748 e. The van der Waals surface area contributed by atoms with E-state index < -0.39 is 15.4 Å². The van der Waals surface area contributed by atoms with Gasteiger partial charge in [-0.2, -0.15) is 4.57 Å². The van der Waals surface area contributed by atoms with Crippen molar-refractivity contribution in [3.05, 3.63) is 23.2 Å². The van der Waals surface area contributed by atoms with Crippen molar-refractivity contribution in [3.8, 4) is 5.75 Å². The van der Waals surface area contributed by atoms with Crippen LogP contribution < -0.4 is 9.30 Å². The number of hydrogen-bond acceptors (Lipinski definition) is 5. The molecule has 0 saturated heterocycles. The van der Waals surface area contributed by atoms with Gasteiger partial charge in [0.25, 0.3) is 0 Å². The summed E-state index contributed by atoms with van der Waals surface area (Å²) in [5.74, 6) is 0.758. The van der Waals surface area contributed by atoms with E-state index in [1.54, 1.807) is 18.4 Å². The lowest BCUT2D eigenvalue weighted by Crippen LogP contribution is -2.37. The third-order valence-corrected chi connectivity index (χ3v) is 5.65. The summed E-state index contributed by atoms with van der Waals surface area (Å²) in [6.45, 7) is 3.93. The summed E-state index contributed by atoms with van der Waals surface area (Å²) < 4.78 is 41.2. The van der Waals surface area contributed by atoms with E-state index in [-0.39, 0.29) is 0 Å². The molecule has 5 nitrogen and oxygen atoms in total. The molecule has 0 saturated carbocycles. The molecule has 7 heteroatoms. The minimum absolute atomic E-state index is 0.306. The van der Waals surface area contributed by atoms with Gasteiger partial charge in [0.2, 0.25) is 10.5 Å². The van der Waals surface area contributed by atoms with Crippen molar-refractivity contribution < 1.29 is 22.3 Å². The second kappa shape index (κ2) is 5.67. The van der Waals surface area contributed by atoms with Crippen molar-refractivity contribution in [1.82, 2.24) is 0 Å². The number of aromatic nitrogens is 1. The Morgan fingerprint density at radius 3 is 2.75 bits per heavy atom. The van der Waals surface area contributed by atoms with Gasteiger partial charge >= 0.3 is 0 Å². The molecule has 1 unspecified atom stereocenters. The number of fused-ring (bicyclic) bond motifs is 1. The SMILES string of the molecule is COc1ccc2sc(C)[n+](CCC(C)S(=O)(=O)[O-])c2c1. The van der Waals surface area contributed by atoms with E-state index in [0.717, 1.165) is 21.0 Å². The average molecular weight is 315 g/mol. The van der Waals surface area contributed by atoms with Crippen LogP contribution in [0.1, 0.15) is 18.4 Å². The fourth-order valence-electron chi connectivity index (χ4n) is 2.04. The quantitative estimate of drug-likeness (QED) is 0.623. The molecule has 0 fully saturated rings. The van der Waals surface area contributed by atoms with Gasteiger partial charge < -0.3 is 9.29 Å². The summed E-state index contributed by atoms with van der Waals surface area (Å²) in [5, 5.41) is 0.193. The van der Waals surface area contributed by atoms with Crippen LogP contribution in [0.25, 0.3) is 10.2 Å². The summed E-state index contributed by atoms with van der Waals surface area (Å²) in [6.07, 6.45) is 0.306. The number of hydrogen-bond donors (Lipinski definition) is 0. The fourth-order valence-corrected chi connectivity index (χ4v) is 3.46. The van der Waals surface area contributed by atoms with E-state index in [0.29, 0.717) is 13.0 Å². The maximum absolute atomic E-state index is 11.0. The molecular weight excluding hydrogens is 298 g/mol. The summed E-state index contributed by atoms with van der Waals surface area (Å²) in [6, 6.07) is 5.80. The highest BCUT2D eigenvalue weighted by atomic mass is 32.2. The van der Waals surface area contributed by atoms with Gasteiger partial charge in [0.15, 0.2) is 6.54 Å². The fraction of sp³-hybridized carbons (Fsp3) is 0.462. The first-order chi connectivity index (χ1) is 9.32. The van der Waals surface area contributed by atoms with Crippen molar-refractivity contribution in [1.29, 1.82) is 0 Å². The molecule has 0 radical (unpaired) electrons. The van der Waals surface area contributed by atoms with E-state index in [9.17, 15) is 13.0 Å². The molecule has 1 aromatic carbocycles. The van der Waals surface area contributed by atoms with Crippen LogP contribution in [0.4, 0.5) is 0 Å². The minimum atomic E-state index is -4.22. The number of rotatable bonds is 5. The zero-order valence-corrected chi connectivity index (χ0v) is 13.3. The molecule has 0 N–H and O–H groups in total. The predicted molar refractivity (Wildman–Crippen MR) is 77.1 cm³/mol. The summed E-state index contributed by atoms with van der Waals surface area (Å²) in [7, 11) is -2.61. The van der Waals surface area contributed by atoms with Crippen molar-refractivity contribution in [2.45, 2.75) is 32.1 Å². The van der Waals surface area contributed by atoms with Crippen molar-refractivity contribution in [2.24, 2.45) is 0 Å². The van der Waals surface area contributed by atoms with Gasteiger partial charge in [-0.05, 0) is 19.1 Å². The van der Waals surface area contributed by atoms with Crippen LogP contribution in [0.15, 0.2) is 18.2 Å². The van der Waals surface area contributed by atoms with Gasteiger partial charge in [0, 0.05) is 13.3 Å². The number of nitrogens with zero attached hydrogens (tertiary/aromatic N) is 1. The van der Waals surface area contributed by atoms with Crippen LogP contribution in [0.3, 0.4) is 0 Å². The summed E-state index contributed by atoms with van der Waals surface area (Å²) >= 11 is 1.64. The first-order valence-electron chi connectivity index (χ1n) is 6.24. The molecule has 0 spiro atoms. The normalized spacial score (nSPS) is 13.6. The van der Waals surface area contributed by atoms with Crippen molar-refractivity contribution in [3.63, 3.8) is 0 Å². The van der Waals surface area contributed by atoms with E-state index >= 15 is 0 Å². The highest BCUT2D eigenvalue weighted by Crippen LogP contribution is 2.24. The van der Waals surface area contributed by atoms with Crippen LogP contribution in [-0.4, -0.2) is 25.3 Å². The topological polar surface area (TPSA) is 70.3 Å². The molecule has 1 aromatic heterocycles. The van der Waals surface area contributed by atoms with E-state index in [1.807, 2.05) is 29.7 Å². The van der Waals surface area contributed by atoms with Gasteiger partial charge in [0.05, 0.1) is 28.5 Å². The third-order valence-electron chi connectivity index (χ3n) is 3.35. The Morgan fingerprint density at radius 1 is 1.45 bits per heavy atom. The third kappa shape index (κ3) is 3.11. The Labute approximate surface area is 122 Å². The zero-order valence-electron chi connectivity index (χ0n) is 11.6. The van der Waals surface area contributed by atoms with Crippen LogP contribution in [0, 0.1) is 6.92 Å². The molecule has 0 amide bonds. The average Bonchev–Trinajstić information content (AvgIpc) is 2.69. The Bertz CT molecular complexity index is 721. The number of ether oxygens (including phenoxy) is 1. The Morgan fingerprint density at radius 2 is 2.15 bits per heavy atom. The molecule has 2 rings (SSSR count). The van der Waals surface area contributed by atoms with E-state index in [4.69, 9.17) is 4.74 Å². The van der Waals surface area contributed by atoms with Crippen molar-refractivity contribution in [2.75, 3.05) is 7.11 Å². The Hall–Kier alpha value is -1.18. The van der Waals surface area contributed by atoms with Gasteiger partial charge in [-0.15, -0.1) is 0 Å². The lowest BCUT2D eigenvalue weighted by Gasteiger charge is -2.13. The number of aryl methyl sites for hydroxylation is 2. The van der Waals surface area contributed by atoms with Crippen LogP contribution in [0.5, 0.6) is 5.75 Å². The molecule has 2 aromatic rings. The molecule has 20 heavy (non-hydrogen) atoms. The first-order valence-corrected chi connectivity index (χ1v) is 8.53. The van der Waals surface area contributed by atoms with Gasteiger partial charge in [0.1, 0.15) is 10.4 Å². The molecule has 1 heterocycles. The Kier molecular flexibility index (Phi) is 4.31. The van der Waals surface area contributed by atoms with Crippen LogP contribution in [-0.2, 0) is 16.7 Å². The van der Waals surface area contributed by atoms with Gasteiger partial charge in [-0.25, -0.2) is 8.42 Å². The lowest BCUT2D eigenvalue weighted by molar-refractivity contribution is -0.673. The molecule has 110 valence electrons.